The molecule has 1 fully saturated rings. The van der Waals surface area contributed by atoms with Crippen LogP contribution in [-0.2, 0) is 15.8 Å². The van der Waals surface area contributed by atoms with Gasteiger partial charge in [-0.25, -0.2) is 13.9 Å². The first-order valence-corrected chi connectivity index (χ1v) is 12.3. The van der Waals surface area contributed by atoms with Crippen LogP contribution >= 0.6 is 0 Å². The van der Waals surface area contributed by atoms with Crippen LogP contribution in [0.1, 0.15) is 48.4 Å². The number of hydrogen-bond acceptors (Lipinski definition) is 4. The molecule has 0 bridgehead atoms. The molecule has 0 saturated heterocycles. The van der Waals surface area contributed by atoms with E-state index in [1.807, 2.05) is 49.5 Å². The zero-order valence-electron chi connectivity index (χ0n) is 21.0. The van der Waals surface area contributed by atoms with Gasteiger partial charge in [0.1, 0.15) is 5.82 Å². The lowest BCUT2D eigenvalue weighted by molar-refractivity contribution is -0.137. The summed E-state index contributed by atoms with van der Waals surface area (Å²) in [5, 5.41) is 14.0. The molecule has 39 heavy (non-hydrogen) atoms. The second-order valence-electron chi connectivity index (χ2n) is 9.37. The third-order valence-electron chi connectivity index (χ3n) is 6.72. The summed E-state index contributed by atoms with van der Waals surface area (Å²) in [6, 6.07) is 14.1. The molecule has 2 atom stereocenters. The molecule has 2 unspecified atom stereocenters. The number of imidazole rings is 1. The van der Waals surface area contributed by atoms with E-state index in [0.29, 0.717) is 18.9 Å². The van der Waals surface area contributed by atoms with Gasteiger partial charge in [-0.1, -0.05) is 30.7 Å². The minimum Gasteiger partial charge on any atom is -0.483 e. The van der Waals surface area contributed by atoms with Gasteiger partial charge in [0.05, 0.1) is 28.8 Å². The molecule has 1 amide bonds. The highest BCUT2D eigenvalue weighted by Crippen LogP contribution is 2.38. The summed E-state index contributed by atoms with van der Waals surface area (Å²) in [7, 11) is 0. The smallest absolute Gasteiger partial charge is 0.416 e. The quantitative estimate of drug-likeness (QED) is 0.227. The Morgan fingerprint density at radius 2 is 1.82 bits per heavy atom. The van der Waals surface area contributed by atoms with Crippen molar-refractivity contribution in [3.05, 3.63) is 83.4 Å². The van der Waals surface area contributed by atoms with Gasteiger partial charge in [0.15, 0.2) is 5.65 Å². The third kappa shape index (κ3) is 6.60. The molecule has 204 valence electrons. The number of aryl methyl sites for hydroxylation is 1. The Morgan fingerprint density at radius 1 is 1.10 bits per heavy atom. The monoisotopic (exact) mass is 542 g/mol. The van der Waals surface area contributed by atoms with Gasteiger partial charge in [-0.3, -0.25) is 9.59 Å². The zero-order valence-corrected chi connectivity index (χ0v) is 21.0. The molecule has 0 aliphatic heterocycles. The minimum atomic E-state index is -4.64. The number of rotatable bonds is 4. The van der Waals surface area contributed by atoms with Gasteiger partial charge in [-0.15, -0.1) is 0 Å². The first-order valence-electron chi connectivity index (χ1n) is 12.3. The average molecular weight is 543 g/mol. The number of fused-ring (bicyclic) bond motifs is 1. The Bertz CT molecular complexity index is 1470. The summed E-state index contributed by atoms with van der Waals surface area (Å²) in [6.45, 7) is 1.67. The van der Waals surface area contributed by atoms with Crippen molar-refractivity contribution in [3.63, 3.8) is 0 Å². The molecule has 2 aromatic carbocycles. The fraction of sp³-hybridized carbons (Fsp3) is 0.286. The highest BCUT2D eigenvalue weighted by molar-refractivity contribution is 5.92. The van der Waals surface area contributed by atoms with Gasteiger partial charge in [-0.05, 0) is 68.0 Å². The molecule has 4 aromatic rings. The molecule has 2 heterocycles. The van der Waals surface area contributed by atoms with Gasteiger partial charge < -0.3 is 10.4 Å². The lowest BCUT2D eigenvalue weighted by Gasteiger charge is -2.29. The average Bonchev–Trinajstić information content (AvgIpc) is 3.29. The highest BCUT2D eigenvalue weighted by atomic mass is 19.4. The van der Waals surface area contributed by atoms with Crippen LogP contribution in [-0.4, -0.2) is 32.1 Å². The van der Waals surface area contributed by atoms with E-state index < -0.39 is 17.6 Å². The number of carbonyl (C=O) groups is 2. The standard InChI is InChI=1S/C27H24F4N4O.CH2O2/c1-16-15-35-25(32-16)12-11-23(34-35)18-7-5-17(6-8-18)19-3-2-4-20(13-19)26(36)33-24-10-9-21(14-22(24)28)27(29,30)31;2-1-3/h5-12,14-15,19-20H,2-4,13H2,1H3,(H,33,36);1H,(H,2,3). The molecule has 1 saturated carbocycles. The largest absolute Gasteiger partial charge is 0.483 e. The number of nitrogens with one attached hydrogen (secondary N) is 1. The van der Waals surface area contributed by atoms with E-state index in [1.54, 1.807) is 4.52 Å². The Morgan fingerprint density at radius 3 is 2.49 bits per heavy atom. The summed E-state index contributed by atoms with van der Waals surface area (Å²) in [4.78, 5) is 25.6. The number of amides is 1. The Labute approximate surface area is 221 Å². The predicted molar refractivity (Wildman–Crippen MR) is 137 cm³/mol. The van der Waals surface area contributed by atoms with E-state index in [1.165, 1.54) is 0 Å². The number of carbonyl (C=O) groups excluding carboxylic acids is 1. The summed E-state index contributed by atoms with van der Waals surface area (Å²) in [6.07, 6.45) is 0.227. The molecular formula is C28H26F4N4O3. The van der Waals surface area contributed by atoms with Crippen molar-refractivity contribution in [2.45, 2.75) is 44.7 Å². The summed E-state index contributed by atoms with van der Waals surface area (Å²) in [5.41, 5.74) is 3.26. The first kappa shape index (κ1) is 27.7. The second-order valence-corrected chi connectivity index (χ2v) is 9.37. The molecule has 7 nitrogen and oxygen atoms in total. The van der Waals surface area contributed by atoms with Gasteiger partial charge in [-0.2, -0.15) is 18.3 Å². The molecule has 2 N–H and O–H groups in total. The van der Waals surface area contributed by atoms with Gasteiger partial charge >= 0.3 is 6.18 Å². The number of carboxylic acid groups (broad SMARTS) is 1. The number of hydrogen-bond donors (Lipinski definition) is 2. The molecule has 0 radical (unpaired) electrons. The number of alkyl halides is 3. The van der Waals surface area contributed by atoms with E-state index in [4.69, 9.17) is 9.90 Å². The normalized spacial score (nSPS) is 17.3. The van der Waals surface area contributed by atoms with E-state index in [0.717, 1.165) is 53.1 Å². The van der Waals surface area contributed by atoms with Crippen molar-refractivity contribution in [2.24, 2.45) is 5.92 Å². The van der Waals surface area contributed by atoms with Gasteiger partial charge in [0.2, 0.25) is 5.91 Å². The van der Waals surface area contributed by atoms with Crippen molar-refractivity contribution < 1.29 is 32.3 Å². The first-order chi connectivity index (χ1) is 18.6. The minimum absolute atomic E-state index is 0.160. The van der Waals surface area contributed by atoms with Crippen LogP contribution in [0.15, 0.2) is 60.8 Å². The maximum absolute atomic E-state index is 14.2. The van der Waals surface area contributed by atoms with Crippen LogP contribution in [0.25, 0.3) is 16.9 Å². The van der Waals surface area contributed by atoms with Crippen LogP contribution in [0, 0.1) is 18.7 Å². The summed E-state index contributed by atoms with van der Waals surface area (Å²) in [5.74, 6) is -1.66. The number of halogens is 4. The number of aromatic nitrogens is 3. The second kappa shape index (κ2) is 11.6. The Balaban J connectivity index is 0.00000112. The lowest BCUT2D eigenvalue weighted by atomic mass is 9.77. The van der Waals surface area contributed by atoms with E-state index in [9.17, 15) is 22.4 Å². The molecule has 11 heteroatoms. The van der Waals surface area contributed by atoms with Crippen molar-refractivity contribution in [1.82, 2.24) is 14.6 Å². The van der Waals surface area contributed by atoms with E-state index >= 15 is 0 Å². The summed E-state index contributed by atoms with van der Waals surface area (Å²) >= 11 is 0. The third-order valence-corrected chi connectivity index (χ3v) is 6.72. The fourth-order valence-corrected chi connectivity index (χ4v) is 4.84. The maximum atomic E-state index is 14.2. The Kier molecular flexibility index (Phi) is 8.27. The van der Waals surface area contributed by atoms with Crippen molar-refractivity contribution in [1.29, 1.82) is 0 Å². The summed E-state index contributed by atoms with van der Waals surface area (Å²) < 4.78 is 54.3. The SMILES string of the molecule is Cc1cn2nc(-c3ccc(C4CCCC(C(=O)Nc5ccc(C(F)(F)F)cc5F)C4)cc3)ccc2n1.O=CO. The highest BCUT2D eigenvalue weighted by Gasteiger charge is 2.32. The Hall–Kier alpha value is -4.28. The van der Waals surface area contributed by atoms with Crippen LogP contribution in [0.3, 0.4) is 0 Å². The predicted octanol–water partition coefficient (Wildman–Crippen LogP) is 6.48. The molecule has 2 aromatic heterocycles. The lowest BCUT2D eigenvalue weighted by Crippen LogP contribution is -2.28. The zero-order chi connectivity index (χ0) is 28.2. The molecule has 1 aliphatic carbocycles. The van der Waals surface area contributed by atoms with Crippen LogP contribution in [0.5, 0.6) is 0 Å². The van der Waals surface area contributed by atoms with Gasteiger partial charge in [0, 0.05) is 11.5 Å². The van der Waals surface area contributed by atoms with Crippen molar-refractivity contribution in [2.75, 3.05) is 5.32 Å². The maximum Gasteiger partial charge on any atom is 0.416 e. The molecule has 1 aliphatic rings. The van der Waals surface area contributed by atoms with Crippen LogP contribution in [0.2, 0.25) is 0 Å². The fourth-order valence-electron chi connectivity index (χ4n) is 4.84. The van der Waals surface area contributed by atoms with Crippen molar-refractivity contribution in [3.8, 4) is 11.3 Å². The van der Waals surface area contributed by atoms with E-state index in [2.05, 4.69) is 15.4 Å². The topological polar surface area (TPSA) is 96.6 Å². The van der Waals surface area contributed by atoms with Crippen LogP contribution < -0.4 is 5.32 Å². The van der Waals surface area contributed by atoms with Gasteiger partial charge in [0.25, 0.3) is 6.47 Å². The molecule has 0 spiro atoms. The number of nitrogens with zero attached hydrogens (tertiary/aromatic N) is 3. The molecule has 5 rings (SSSR count). The molecular weight excluding hydrogens is 516 g/mol. The number of anilines is 1. The number of benzene rings is 2. The van der Waals surface area contributed by atoms with E-state index in [-0.39, 0.29) is 29.9 Å². The van der Waals surface area contributed by atoms with Crippen molar-refractivity contribution >= 4 is 23.7 Å². The van der Waals surface area contributed by atoms with Crippen LogP contribution in [0.4, 0.5) is 23.2 Å².